The van der Waals surface area contributed by atoms with E-state index in [0.29, 0.717) is 17.0 Å². The number of ether oxygens (including phenoxy) is 1. The number of sulfonamides is 1. The number of methoxy groups -OCH3 is 1. The van der Waals surface area contributed by atoms with Crippen LogP contribution in [-0.4, -0.2) is 34.5 Å². The van der Waals surface area contributed by atoms with Crippen molar-refractivity contribution in [3.05, 3.63) is 54.1 Å². The molecule has 25 heavy (non-hydrogen) atoms. The van der Waals surface area contributed by atoms with E-state index in [9.17, 15) is 13.2 Å². The number of benzene rings is 2. The molecule has 1 fully saturated rings. The molecule has 0 heterocycles. The zero-order valence-corrected chi connectivity index (χ0v) is 14.9. The minimum Gasteiger partial charge on any atom is -0.497 e. The minimum atomic E-state index is -3.77. The molecular weight excluding hydrogens is 340 g/mol. The lowest BCUT2D eigenvalue weighted by molar-refractivity contribution is 0.0951. The average Bonchev–Trinajstić information content (AvgIpc) is 3.45. The highest BCUT2D eigenvalue weighted by atomic mass is 32.2. The summed E-state index contributed by atoms with van der Waals surface area (Å²) in [6, 6.07) is 13.0. The first kappa shape index (κ1) is 17.3. The molecule has 0 saturated heterocycles. The Kier molecular flexibility index (Phi) is 4.67. The summed E-state index contributed by atoms with van der Waals surface area (Å²) >= 11 is 0. The molecule has 0 aliphatic heterocycles. The number of hydrogen-bond acceptors (Lipinski definition) is 4. The molecule has 6 nitrogen and oxygen atoms in total. The Morgan fingerprint density at radius 1 is 1.16 bits per heavy atom. The smallest absolute Gasteiger partial charge is 0.264 e. The average molecular weight is 360 g/mol. The molecule has 0 atom stereocenters. The Hall–Kier alpha value is -2.54. The summed E-state index contributed by atoms with van der Waals surface area (Å²) in [5.74, 6) is 0.403. The molecule has 0 radical (unpaired) electrons. The molecule has 132 valence electrons. The van der Waals surface area contributed by atoms with Gasteiger partial charge in [-0.2, -0.15) is 0 Å². The standard InChI is InChI=1S/C18H20N2O4S/c1-20(15-8-10-16(24-2)11-9-15)25(22,23)17-5-3-4-13(12-17)18(21)19-14-6-7-14/h3-5,8-12,14H,6-7H2,1-2H3,(H,19,21). The maximum atomic E-state index is 12.9. The van der Waals surface area contributed by atoms with Crippen LogP contribution in [0.3, 0.4) is 0 Å². The summed E-state index contributed by atoms with van der Waals surface area (Å²) in [4.78, 5) is 12.2. The van der Waals surface area contributed by atoms with E-state index in [1.165, 1.54) is 23.5 Å². The van der Waals surface area contributed by atoms with E-state index in [1.54, 1.807) is 43.5 Å². The first-order valence-electron chi connectivity index (χ1n) is 7.96. The van der Waals surface area contributed by atoms with Gasteiger partial charge in [0.15, 0.2) is 0 Å². The van der Waals surface area contributed by atoms with Crippen LogP contribution >= 0.6 is 0 Å². The highest BCUT2D eigenvalue weighted by Gasteiger charge is 2.26. The van der Waals surface area contributed by atoms with Crippen LogP contribution in [0, 0.1) is 0 Å². The van der Waals surface area contributed by atoms with E-state index in [1.807, 2.05) is 0 Å². The topological polar surface area (TPSA) is 75.7 Å². The monoisotopic (exact) mass is 360 g/mol. The molecule has 0 bridgehead atoms. The molecule has 0 aromatic heterocycles. The molecular formula is C18H20N2O4S. The van der Waals surface area contributed by atoms with Gasteiger partial charge in [0, 0.05) is 18.7 Å². The zero-order chi connectivity index (χ0) is 18.0. The Labute approximate surface area is 147 Å². The highest BCUT2D eigenvalue weighted by Crippen LogP contribution is 2.25. The fourth-order valence-electron chi connectivity index (χ4n) is 2.38. The van der Waals surface area contributed by atoms with Crippen LogP contribution in [0.1, 0.15) is 23.2 Å². The summed E-state index contributed by atoms with van der Waals surface area (Å²) in [6.45, 7) is 0. The number of nitrogens with one attached hydrogen (secondary N) is 1. The van der Waals surface area contributed by atoms with Gasteiger partial charge in [-0.3, -0.25) is 9.10 Å². The Morgan fingerprint density at radius 3 is 2.44 bits per heavy atom. The Morgan fingerprint density at radius 2 is 1.84 bits per heavy atom. The van der Waals surface area contributed by atoms with E-state index in [0.717, 1.165) is 12.8 Å². The third-order valence-corrected chi connectivity index (χ3v) is 5.88. The molecule has 2 aromatic rings. The lowest BCUT2D eigenvalue weighted by atomic mass is 10.2. The van der Waals surface area contributed by atoms with Gasteiger partial charge in [-0.15, -0.1) is 0 Å². The molecule has 2 aromatic carbocycles. The highest BCUT2D eigenvalue weighted by molar-refractivity contribution is 7.92. The third kappa shape index (κ3) is 3.76. The second-order valence-electron chi connectivity index (χ2n) is 5.95. The molecule has 7 heteroatoms. The Bertz CT molecular complexity index is 874. The molecule has 1 saturated carbocycles. The van der Waals surface area contributed by atoms with E-state index in [4.69, 9.17) is 4.74 Å². The van der Waals surface area contributed by atoms with E-state index >= 15 is 0 Å². The summed E-state index contributed by atoms with van der Waals surface area (Å²) in [7, 11) is -0.738. The number of carbonyl (C=O) groups excluding carboxylic acids is 1. The van der Waals surface area contributed by atoms with Crippen molar-refractivity contribution in [1.82, 2.24) is 5.32 Å². The molecule has 1 N–H and O–H groups in total. The van der Waals surface area contributed by atoms with Crippen molar-refractivity contribution in [2.45, 2.75) is 23.8 Å². The number of amides is 1. The van der Waals surface area contributed by atoms with Gasteiger partial charge >= 0.3 is 0 Å². The zero-order valence-electron chi connectivity index (χ0n) is 14.1. The van der Waals surface area contributed by atoms with Gasteiger partial charge in [0.05, 0.1) is 17.7 Å². The molecule has 1 aliphatic rings. The van der Waals surface area contributed by atoms with Crippen molar-refractivity contribution in [2.24, 2.45) is 0 Å². The molecule has 0 spiro atoms. The first-order chi connectivity index (χ1) is 11.9. The lowest BCUT2D eigenvalue weighted by Gasteiger charge is -2.20. The van der Waals surface area contributed by atoms with Crippen LogP contribution in [0.2, 0.25) is 0 Å². The van der Waals surface area contributed by atoms with Gasteiger partial charge in [0.25, 0.3) is 15.9 Å². The maximum absolute atomic E-state index is 12.9. The van der Waals surface area contributed by atoms with Crippen molar-refractivity contribution in [3.8, 4) is 5.75 Å². The van der Waals surface area contributed by atoms with Crippen molar-refractivity contribution in [2.75, 3.05) is 18.5 Å². The number of anilines is 1. The fraction of sp³-hybridized carbons (Fsp3) is 0.278. The normalized spacial score (nSPS) is 14.0. The van der Waals surface area contributed by atoms with Crippen molar-refractivity contribution in [1.29, 1.82) is 0 Å². The largest absolute Gasteiger partial charge is 0.497 e. The lowest BCUT2D eigenvalue weighted by Crippen LogP contribution is -2.28. The molecule has 1 aliphatic carbocycles. The quantitative estimate of drug-likeness (QED) is 0.858. The van der Waals surface area contributed by atoms with Gasteiger partial charge in [0.2, 0.25) is 0 Å². The Balaban J connectivity index is 1.86. The SMILES string of the molecule is COc1ccc(N(C)S(=O)(=O)c2cccc(C(=O)NC3CC3)c2)cc1. The molecule has 1 amide bonds. The second-order valence-corrected chi connectivity index (χ2v) is 7.92. The second kappa shape index (κ2) is 6.76. The van der Waals surface area contributed by atoms with Crippen LogP contribution in [-0.2, 0) is 10.0 Å². The first-order valence-corrected chi connectivity index (χ1v) is 9.40. The van der Waals surface area contributed by atoms with Crippen molar-refractivity contribution >= 4 is 21.6 Å². The van der Waals surface area contributed by atoms with Gasteiger partial charge in [-0.05, 0) is 55.3 Å². The van der Waals surface area contributed by atoms with Crippen LogP contribution in [0.5, 0.6) is 5.75 Å². The maximum Gasteiger partial charge on any atom is 0.264 e. The van der Waals surface area contributed by atoms with E-state index in [-0.39, 0.29) is 16.8 Å². The van der Waals surface area contributed by atoms with Crippen molar-refractivity contribution < 1.29 is 17.9 Å². The van der Waals surface area contributed by atoms with Crippen LogP contribution in [0.15, 0.2) is 53.4 Å². The third-order valence-electron chi connectivity index (χ3n) is 4.10. The fourth-order valence-corrected chi connectivity index (χ4v) is 3.63. The summed E-state index contributed by atoms with van der Waals surface area (Å²) in [5, 5.41) is 2.86. The number of carbonyl (C=O) groups is 1. The number of nitrogens with zero attached hydrogens (tertiary/aromatic N) is 1. The van der Waals surface area contributed by atoms with Gasteiger partial charge in [0.1, 0.15) is 5.75 Å². The van der Waals surface area contributed by atoms with Crippen LogP contribution < -0.4 is 14.4 Å². The van der Waals surface area contributed by atoms with Crippen LogP contribution in [0.4, 0.5) is 5.69 Å². The predicted molar refractivity (Wildman–Crippen MR) is 95.5 cm³/mol. The van der Waals surface area contributed by atoms with Gasteiger partial charge < -0.3 is 10.1 Å². The summed E-state index contributed by atoms with van der Waals surface area (Å²) in [5.41, 5.74) is 0.852. The number of rotatable bonds is 6. The van der Waals surface area contributed by atoms with Crippen LogP contribution in [0.25, 0.3) is 0 Å². The molecule has 3 rings (SSSR count). The number of hydrogen-bond donors (Lipinski definition) is 1. The molecule has 0 unspecified atom stereocenters. The summed E-state index contributed by atoms with van der Waals surface area (Å²) < 4.78 is 32.0. The minimum absolute atomic E-state index is 0.0780. The van der Waals surface area contributed by atoms with E-state index in [2.05, 4.69) is 5.32 Å². The van der Waals surface area contributed by atoms with E-state index < -0.39 is 10.0 Å². The van der Waals surface area contributed by atoms with Crippen molar-refractivity contribution in [3.63, 3.8) is 0 Å². The predicted octanol–water partition coefficient (Wildman–Crippen LogP) is 2.41. The summed E-state index contributed by atoms with van der Waals surface area (Å²) in [6.07, 6.45) is 1.95. The van der Waals surface area contributed by atoms with Gasteiger partial charge in [-0.1, -0.05) is 6.07 Å². The van der Waals surface area contributed by atoms with Gasteiger partial charge in [-0.25, -0.2) is 8.42 Å².